The summed E-state index contributed by atoms with van der Waals surface area (Å²) in [4.78, 5) is 0. The molecule has 7 heteroatoms. The maximum atomic E-state index is 5.16. The third-order valence-electron chi connectivity index (χ3n) is 3.37. The van der Waals surface area contributed by atoms with Crippen LogP contribution in [0.4, 0.5) is 5.69 Å². The monoisotopic (exact) mass is 284 g/mol. The van der Waals surface area contributed by atoms with Gasteiger partial charge in [0, 0.05) is 17.8 Å². The summed E-state index contributed by atoms with van der Waals surface area (Å²) >= 11 is 0. The lowest BCUT2D eigenvalue weighted by Crippen LogP contribution is -2.03. The van der Waals surface area contributed by atoms with Gasteiger partial charge in [0.05, 0.1) is 11.4 Å². The maximum Gasteiger partial charge on any atom is 0.153 e. The number of nitrogens with one attached hydrogen (secondary N) is 1. The maximum absolute atomic E-state index is 5.16. The molecule has 2 heterocycles. The molecule has 108 valence electrons. The van der Waals surface area contributed by atoms with Crippen LogP contribution in [0.2, 0.25) is 0 Å². The molecule has 1 aromatic carbocycles. The van der Waals surface area contributed by atoms with Gasteiger partial charge in [-0.15, -0.1) is 5.10 Å². The molecule has 2 aromatic heterocycles. The number of nitrogens with zero attached hydrogens (tertiary/aromatic N) is 5. The van der Waals surface area contributed by atoms with E-state index >= 15 is 0 Å². The average Bonchev–Trinajstić information content (AvgIpc) is 3.04. The first-order valence-corrected chi connectivity index (χ1v) is 6.66. The molecule has 0 aliphatic heterocycles. The third-order valence-corrected chi connectivity index (χ3v) is 3.37. The molecule has 0 atom stereocenters. The van der Waals surface area contributed by atoms with Gasteiger partial charge in [-0.05, 0) is 49.4 Å². The number of anilines is 1. The highest BCUT2D eigenvalue weighted by atomic mass is 16.5. The van der Waals surface area contributed by atoms with E-state index in [9.17, 15) is 0 Å². The van der Waals surface area contributed by atoms with E-state index in [-0.39, 0.29) is 0 Å². The van der Waals surface area contributed by atoms with E-state index in [4.69, 9.17) is 4.52 Å². The van der Waals surface area contributed by atoms with Crippen LogP contribution in [0.25, 0.3) is 5.69 Å². The Morgan fingerprint density at radius 1 is 1.24 bits per heavy atom. The highest BCUT2D eigenvalue weighted by Gasteiger charge is 2.09. The number of benzene rings is 1. The van der Waals surface area contributed by atoms with Crippen molar-refractivity contribution in [2.75, 3.05) is 5.32 Å². The lowest BCUT2D eigenvalue weighted by Gasteiger charge is -2.08. The highest BCUT2D eigenvalue weighted by Crippen LogP contribution is 2.18. The van der Waals surface area contributed by atoms with Crippen LogP contribution < -0.4 is 5.32 Å². The molecule has 0 saturated heterocycles. The second-order valence-corrected chi connectivity index (χ2v) is 4.84. The van der Waals surface area contributed by atoms with E-state index in [0.717, 1.165) is 34.2 Å². The summed E-state index contributed by atoms with van der Waals surface area (Å²) in [5, 5.41) is 18.8. The SMILES string of the molecule is Cc1noc(C)c1CNc1cccc(-n2nnnc2C)c1. The van der Waals surface area contributed by atoms with Gasteiger partial charge in [-0.1, -0.05) is 11.2 Å². The summed E-state index contributed by atoms with van der Waals surface area (Å²) < 4.78 is 6.86. The standard InChI is InChI=1S/C14H16N6O/c1-9-14(10(2)21-17-9)8-15-12-5-4-6-13(7-12)20-11(3)16-18-19-20/h4-7,15H,8H2,1-3H3. The van der Waals surface area contributed by atoms with Crippen LogP contribution >= 0.6 is 0 Å². The van der Waals surface area contributed by atoms with Crippen LogP contribution in [-0.4, -0.2) is 25.4 Å². The van der Waals surface area contributed by atoms with Crippen molar-refractivity contribution < 1.29 is 4.52 Å². The zero-order valence-corrected chi connectivity index (χ0v) is 12.2. The van der Waals surface area contributed by atoms with Gasteiger partial charge >= 0.3 is 0 Å². The minimum atomic E-state index is 0.666. The number of aryl methyl sites for hydroxylation is 3. The smallest absolute Gasteiger partial charge is 0.153 e. The van der Waals surface area contributed by atoms with Crippen molar-refractivity contribution in [3.63, 3.8) is 0 Å². The molecular weight excluding hydrogens is 268 g/mol. The van der Waals surface area contributed by atoms with Gasteiger partial charge in [0.15, 0.2) is 5.82 Å². The Morgan fingerprint density at radius 2 is 2.10 bits per heavy atom. The number of hydrogen-bond donors (Lipinski definition) is 1. The highest BCUT2D eigenvalue weighted by molar-refractivity contribution is 5.51. The van der Waals surface area contributed by atoms with E-state index in [1.807, 2.05) is 45.0 Å². The molecule has 0 bridgehead atoms. The van der Waals surface area contributed by atoms with E-state index in [1.54, 1.807) is 4.68 Å². The molecule has 3 rings (SSSR count). The van der Waals surface area contributed by atoms with E-state index < -0.39 is 0 Å². The Morgan fingerprint density at radius 3 is 2.76 bits per heavy atom. The zero-order chi connectivity index (χ0) is 14.8. The second kappa shape index (κ2) is 5.35. The number of aromatic nitrogens is 5. The van der Waals surface area contributed by atoms with E-state index in [1.165, 1.54) is 0 Å². The van der Waals surface area contributed by atoms with E-state index in [2.05, 4.69) is 26.0 Å². The molecule has 0 unspecified atom stereocenters. The first kappa shape index (κ1) is 13.3. The van der Waals surface area contributed by atoms with Crippen LogP contribution in [-0.2, 0) is 6.54 Å². The molecule has 3 aromatic rings. The first-order valence-electron chi connectivity index (χ1n) is 6.66. The normalized spacial score (nSPS) is 10.8. The number of rotatable bonds is 4. The van der Waals surface area contributed by atoms with Crippen molar-refractivity contribution >= 4 is 5.69 Å². The molecule has 1 N–H and O–H groups in total. The Hall–Kier alpha value is -2.70. The fraction of sp³-hybridized carbons (Fsp3) is 0.286. The summed E-state index contributed by atoms with van der Waals surface area (Å²) in [6.07, 6.45) is 0. The minimum absolute atomic E-state index is 0.666. The van der Waals surface area contributed by atoms with Crippen molar-refractivity contribution in [1.29, 1.82) is 0 Å². The van der Waals surface area contributed by atoms with E-state index in [0.29, 0.717) is 6.54 Å². The van der Waals surface area contributed by atoms with Crippen LogP contribution in [0.5, 0.6) is 0 Å². The van der Waals surface area contributed by atoms with Gasteiger partial charge in [-0.25, -0.2) is 0 Å². The molecule has 0 radical (unpaired) electrons. The largest absolute Gasteiger partial charge is 0.381 e. The summed E-state index contributed by atoms with van der Waals surface area (Å²) in [5.41, 5.74) is 3.90. The van der Waals surface area contributed by atoms with Crippen LogP contribution in [0.15, 0.2) is 28.8 Å². The molecule has 0 spiro atoms. The summed E-state index contributed by atoms with van der Waals surface area (Å²) in [5.74, 6) is 1.59. The van der Waals surface area contributed by atoms with Gasteiger partial charge < -0.3 is 9.84 Å². The van der Waals surface area contributed by atoms with Gasteiger partial charge in [0.2, 0.25) is 0 Å². The second-order valence-electron chi connectivity index (χ2n) is 4.84. The summed E-state index contributed by atoms with van der Waals surface area (Å²) in [6.45, 7) is 6.38. The summed E-state index contributed by atoms with van der Waals surface area (Å²) in [7, 11) is 0. The van der Waals surface area contributed by atoms with Crippen molar-refractivity contribution in [2.45, 2.75) is 27.3 Å². The third kappa shape index (κ3) is 2.62. The predicted molar refractivity (Wildman–Crippen MR) is 77.2 cm³/mol. The van der Waals surface area contributed by atoms with Gasteiger partial charge in [0.1, 0.15) is 5.76 Å². The van der Waals surface area contributed by atoms with Crippen molar-refractivity contribution in [3.8, 4) is 5.69 Å². The zero-order valence-electron chi connectivity index (χ0n) is 12.2. The van der Waals surface area contributed by atoms with Crippen molar-refractivity contribution in [3.05, 3.63) is 47.1 Å². The molecule has 0 saturated carbocycles. The Kier molecular flexibility index (Phi) is 3.39. The quantitative estimate of drug-likeness (QED) is 0.791. The molecule has 7 nitrogen and oxygen atoms in total. The lowest BCUT2D eigenvalue weighted by atomic mass is 10.2. The van der Waals surface area contributed by atoms with Gasteiger partial charge in [0.25, 0.3) is 0 Å². The van der Waals surface area contributed by atoms with Gasteiger partial charge in [-0.2, -0.15) is 4.68 Å². The predicted octanol–water partition coefficient (Wildman–Crippen LogP) is 2.19. The average molecular weight is 284 g/mol. The molecule has 21 heavy (non-hydrogen) atoms. The fourth-order valence-electron chi connectivity index (χ4n) is 2.16. The van der Waals surface area contributed by atoms with Crippen molar-refractivity contribution in [2.24, 2.45) is 0 Å². The molecule has 0 fully saturated rings. The Bertz CT molecular complexity index is 741. The van der Waals surface area contributed by atoms with Crippen molar-refractivity contribution in [1.82, 2.24) is 25.4 Å². The Labute approximate surface area is 122 Å². The van der Waals surface area contributed by atoms with Crippen LogP contribution in [0.3, 0.4) is 0 Å². The van der Waals surface area contributed by atoms with Crippen LogP contribution in [0, 0.1) is 20.8 Å². The lowest BCUT2D eigenvalue weighted by molar-refractivity contribution is 0.392. The molecule has 0 amide bonds. The summed E-state index contributed by atoms with van der Waals surface area (Å²) in [6, 6.07) is 7.93. The topological polar surface area (TPSA) is 81.7 Å². The minimum Gasteiger partial charge on any atom is -0.381 e. The Balaban J connectivity index is 1.80. The van der Waals surface area contributed by atoms with Crippen LogP contribution in [0.1, 0.15) is 22.8 Å². The molecule has 0 aliphatic rings. The van der Waals surface area contributed by atoms with Gasteiger partial charge in [-0.3, -0.25) is 0 Å². The number of hydrogen-bond acceptors (Lipinski definition) is 6. The number of tetrazole rings is 1. The fourth-order valence-corrected chi connectivity index (χ4v) is 2.16. The molecule has 0 aliphatic carbocycles. The first-order chi connectivity index (χ1) is 10.1. The molecular formula is C14H16N6O.